The van der Waals surface area contributed by atoms with Crippen LogP contribution in [0.25, 0.3) is 0 Å². The molecule has 10 heteroatoms. The largest absolute Gasteiger partial charge is 0.482 e. The van der Waals surface area contributed by atoms with Gasteiger partial charge >= 0.3 is 11.7 Å². The number of aromatic nitrogens is 2. The number of nitrogens with zero attached hydrogens (tertiary/aromatic N) is 1. The van der Waals surface area contributed by atoms with Crippen molar-refractivity contribution in [3.8, 4) is 17.2 Å². The van der Waals surface area contributed by atoms with Crippen molar-refractivity contribution in [2.24, 2.45) is 0 Å². The first-order valence-corrected chi connectivity index (χ1v) is 10.7. The fourth-order valence-electron chi connectivity index (χ4n) is 3.42. The number of para-hydroxylation sites is 1. The third-order valence-electron chi connectivity index (χ3n) is 5.23. The fraction of sp³-hybridized carbons (Fsp3) is 0.292. The van der Waals surface area contributed by atoms with Gasteiger partial charge in [-0.15, -0.1) is 0 Å². The molecule has 3 unspecified atom stereocenters. The van der Waals surface area contributed by atoms with Crippen LogP contribution in [0.1, 0.15) is 18.2 Å². The highest BCUT2D eigenvalue weighted by atomic mass is 16.6. The molecule has 1 aromatic heterocycles. The van der Waals surface area contributed by atoms with Crippen LogP contribution in [-0.4, -0.2) is 46.0 Å². The second-order valence-corrected chi connectivity index (χ2v) is 7.77. The Kier molecular flexibility index (Phi) is 7.09. The van der Waals surface area contributed by atoms with Crippen LogP contribution in [-0.2, 0) is 14.3 Å². The number of aliphatic hydroxyl groups excluding tert-OH is 1. The van der Waals surface area contributed by atoms with Crippen molar-refractivity contribution in [1.82, 2.24) is 9.55 Å². The number of carbonyl (C=O) groups is 1. The lowest BCUT2D eigenvalue weighted by Gasteiger charge is -2.16. The molecule has 1 aliphatic rings. The molecule has 1 saturated heterocycles. The number of hydrogen-bond donors (Lipinski definition) is 2. The van der Waals surface area contributed by atoms with Gasteiger partial charge in [-0.25, -0.2) is 9.59 Å². The number of nitrogens with one attached hydrogen (secondary N) is 1. The number of aliphatic hydroxyl groups is 1. The Bertz CT molecular complexity index is 1240. The van der Waals surface area contributed by atoms with Gasteiger partial charge in [0.1, 0.15) is 36.2 Å². The molecule has 2 heterocycles. The first-order chi connectivity index (χ1) is 16.4. The maximum atomic E-state index is 12.1. The maximum absolute atomic E-state index is 12.1. The molecule has 0 bridgehead atoms. The molecule has 3 aromatic rings. The average Bonchev–Trinajstić information content (AvgIpc) is 3.20. The van der Waals surface area contributed by atoms with Crippen LogP contribution in [0.3, 0.4) is 0 Å². The zero-order valence-corrected chi connectivity index (χ0v) is 18.4. The molecule has 0 aliphatic carbocycles. The van der Waals surface area contributed by atoms with Gasteiger partial charge < -0.3 is 24.1 Å². The SMILES string of the molecule is Cc1cn(C2CC(O)C(COC(=O)COc3ccc(Oc4ccccc4)cc3)O2)c(=O)[nH]c1=O. The van der Waals surface area contributed by atoms with Crippen LogP contribution in [0.5, 0.6) is 17.2 Å². The van der Waals surface area contributed by atoms with E-state index in [1.54, 1.807) is 31.2 Å². The van der Waals surface area contributed by atoms with E-state index < -0.39 is 35.7 Å². The molecule has 4 rings (SSSR count). The lowest BCUT2D eigenvalue weighted by Crippen LogP contribution is -2.33. The monoisotopic (exact) mass is 468 g/mol. The van der Waals surface area contributed by atoms with E-state index in [0.29, 0.717) is 22.8 Å². The molecule has 2 aromatic carbocycles. The molecule has 0 saturated carbocycles. The molecule has 0 amide bonds. The van der Waals surface area contributed by atoms with E-state index in [1.165, 1.54) is 10.8 Å². The number of benzene rings is 2. The summed E-state index contributed by atoms with van der Waals surface area (Å²) in [6.07, 6.45) is -1.06. The number of aryl methyl sites for hydroxylation is 1. The van der Waals surface area contributed by atoms with E-state index in [1.807, 2.05) is 30.3 Å². The Labute approximate surface area is 194 Å². The third-order valence-corrected chi connectivity index (χ3v) is 5.23. The van der Waals surface area contributed by atoms with Crippen molar-refractivity contribution < 1.29 is 28.8 Å². The van der Waals surface area contributed by atoms with Crippen LogP contribution in [0.15, 0.2) is 70.4 Å². The van der Waals surface area contributed by atoms with Crippen molar-refractivity contribution in [1.29, 1.82) is 0 Å². The molecular weight excluding hydrogens is 444 g/mol. The first kappa shape index (κ1) is 23.3. The smallest absolute Gasteiger partial charge is 0.344 e. The van der Waals surface area contributed by atoms with Gasteiger partial charge in [0.2, 0.25) is 0 Å². The topological polar surface area (TPSA) is 129 Å². The summed E-state index contributed by atoms with van der Waals surface area (Å²) < 4.78 is 23.2. The molecule has 10 nitrogen and oxygen atoms in total. The normalized spacial score (nSPS) is 19.5. The number of hydrogen-bond acceptors (Lipinski definition) is 8. The van der Waals surface area contributed by atoms with Crippen LogP contribution < -0.4 is 20.7 Å². The molecule has 1 aliphatic heterocycles. The van der Waals surface area contributed by atoms with Crippen molar-refractivity contribution in [2.75, 3.05) is 13.2 Å². The second kappa shape index (κ2) is 10.4. The van der Waals surface area contributed by atoms with E-state index in [0.717, 1.165) is 0 Å². The van der Waals surface area contributed by atoms with Gasteiger partial charge in [0.05, 0.1) is 6.10 Å². The maximum Gasteiger partial charge on any atom is 0.344 e. The molecule has 178 valence electrons. The molecular formula is C24H24N2O8. The van der Waals surface area contributed by atoms with E-state index in [9.17, 15) is 19.5 Å². The summed E-state index contributed by atoms with van der Waals surface area (Å²) in [7, 11) is 0. The van der Waals surface area contributed by atoms with E-state index >= 15 is 0 Å². The third kappa shape index (κ3) is 5.72. The number of esters is 1. The fourth-order valence-corrected chi connectivity index (χ4v) is 3.42. The standard InChI is InChI=1S/C24H24N2O8/c1-15-12-26(24(30)25-23(15)29)21-11-19(27)20(34-21)13-32-22(28)14-31-16-7-9-18(10-8-16)33-17-5-3-2-4-6-17/h2-10,12,19-21,27H,11,13-14H2,1H3,(H,25,29,30). The molecule has 0 spiro atoms. The van der Waals surface area contributed by atoms with Crippen molar-refractivity contribution >= 4 is 5.97 Å². The zero-order chi connectivity index (χ0) is 24.1. The predicted octanol–water partition coefficient (Wildman–Crippen LogP) is 1.91. The van der Waals surface area contributed by atoms with Crippen molar-refractivity contribution in [3.63, 3.8) is 0 Å². The first-order valence-electron chi connectivity index (χ1n) is 10.7. The quantitative estimate of drug-likeness (QED) is 0.480. The van der Waals surface area contributed by atoms with E-state index in [2.05, 4.69) is 4.98 Å². The van der Waals surface area contributed by atoms with Crippen molar-refractivity contribution in [2.45, 2.75) is 31.8 Å². The van der Waals surface area contributed by atoms with Crippen LogP contribution in [0.2, 0.25) is 0 Å². The molecule has 34 heavy (non-hydrogen) atoms. The lowest BCUT2D eigenvalue weighted by atomic mass is 10.2. The molecule has 0 radical (unpaired) electrons. The van der Waals surface area contributed by atoms with Crippen LogP contribution >= 0.6 is 0 Å². The Morgan fingerprint density at radius 1 is 1.09 bits per heavy atom. The Balaban J connectivity index is 1.24. The number of rotatable bonds is 8. The Morgan fingerprint density at radius 3 is 2.50 bits per heavy atom. The van der Waals surface area contributed by atoms with Gasteiger partial charge in [0, 0.05) is 18.2 Å². The van der Waals surface area contributed by atoms with Gasteiger partial charge in [0.25, 0.3) is 5.56 Å². The second-order valence-electron chi connectivity index (χ2n) is 7.77. The zero-order valence-electron chi connectivity index (χ0n) is 18.4. The minimum absolute atomic E-state index is 0.113. The molecule has 2 N–H and O–H groups in total. The highest BCUT2D eigenvalue weighted by molar-refractivity contribution is 5.71. The summed E-state index contributed by atoms with van der Waals surface area (Å²) in [4.78, 5) is 37.8. The number of H-pyrrole nitrogens is 1. The summed E-state index contributed by atoms with van der Waals surface area (Å²) >= 11 is 0. The summed E-state index contributed by atoms with van der Waals surface area (Å²) in [5, 5.41) is 10.2. The van der Waals surface area contributed by atoms with Crippen LogP contribution in [0, 0.1) is 6.92 Å². The highest BCUT2D eigenvalue weighted by Crippen LogP contribution is 2.28. The molecule has 1 fully saturated rings. The highest BCUT2D eigenvalue weighted by Gasteiger charge is 2.36. The summed E-state index contributed by atoms with van der Waals surface area (Å²) in [6.45, 7) is 1.02. The van der Waals surface area contributed by atoms with E-state index in [-0.39, 0.29) is 19.6 Å². The summed E-state index contributed by atoms with van der Waals surface area (Å²) in [5.41, 5.74) is -0.785. The Morgan fingerprint density at radius 2 is 1.76 bits per heavy atom. The minimum Gasteiger partial charge on any atom is -0.482 e. The van der Waals surface area contributed by atoms with Gasteiger partial charge in [-0.2, -0.15) is 0 Å². The van der Waals surface area contributed by atoms with Gasteiger partial charge in [-0.1, -0.05) is 18.2 Å². The van der Waals surface area contributed by atoms with Crippen LogP contribution in [0.4, 0.5) is 0 Å². The summed E-state index contributed by atoms with van der Waals surface area (Å²) in [6, 6.07) is 16.1. The number of carbonyl (C=O) groups excluding carboxylic acids is 1. The van der Waals surface area contributed by atoms with Gasteiger partial charge in [0.15, 0.2) is 6.61 Å². The van der Waals surface area contributed by atoms with Gasteiger partial charge in [-0.3, -0.25) is 14.3 Å². The number of aromatic amines is 1. The summed E-state index contributed by atoms with van der Waals surface area (Å²) in [5.74, 6) is 1.15. The van der Waals surface area contributed by atoms with Gasteiger partial charge in [-0.05, 0) is 43.3 Å². The lowest BCUT2D eigenvalue weighted by molar-refractivity contribution is -0.152. The molecule has 3 atom stereocenters. The number of ether oxygens (including phenoxy) is 4. The predicted molar refractivity (Wildman–Crippen MR) is 120 cm³/mol. The average molecular weight is 468 g/mol. The van der Waals surface area contributed by atoms with Crippen molar-refractivity contribution in [3.05, 3.63) is 87.2 Å². The minimum atomic E-state index is -0.949. The Hall–Kier alpha value is -3.89. The van der Waals surface area contributed by atoms with E-state index in [4.69, 9.17) is 18.9 Å².